The minimum atomic E-state index is 0.846. The summed E-state index contributed by atoms with van der Waals surface area (Å²) in [5.74, 6) is 0. The Bertz CT molecular complexity index is 653. The zero-order valence-electron chi connectivity index (χ0n) is 7.66. The molecule has 3 aromatic rings. The molecule has 5 heteroatoms. The third-order valence-corrected chi connectivity index (χ3v) is 3.12. The maximum absolute atomic E-state index is 8.56. The van der Waals surface area contributed by atoms with Gasteiger partial charge >= 0.3 is 0 Å². The van der Waals surface area contributed by atoms with Crippen molar-refractivity contribution in [2.75, 3.05) is 0 Å². The predicted octanol–water partition coefficient (Wildman–Crippen LogP) is 2.36. The Balaban J connectivity index is 2.52. The van der Waals surface area contributed by atoms with Crippen molar-refractivity contribution in [3.05, 3.63) is 35.5 Å². The largest absolute Gasteiger partial charge is 0.411 e. The molecule has 0 aromatic carbocycles. The molecule has 0 amide bonds. The maximum atomic E-state index is 8.56. The molecule has 0 fully saturated rings. The smallest absolute Gasteiger partial charge is 0.140 e. The van der Waals surface area contributed by atoms with Crippen LogP contribution in [0.3, 0.4) is 0 Å². The van der Waals surface area contributed by atoms with Crippen LogP contribution in [-0.4, -0.2) is 20.8 Å². The maximum Gasteiger partial charge on any atom is 0.140 e. The molecule has 0 saturated heterocycles. The number of oxime groups is 1. The Morgan fingerprint density at radius 2 is 2.33 bits per heavy atom. The summed E-state index contributed by atoms with van der Waals surface area (Å²) in [6.45, 7) is 0. The molecule has 3 rings (SSSR count). The van der Waals surface area contributed by atoms with Gasteiger partial charge in [-0.2, -0.15) is 0 Å². The van der Waals surface area contributed by atoms with Crippen LogP contribution in [-0.2, 0) is 0 Å². The minimum absolute atomic E-state index is 0.846. The van der Waals surface area contributed by atoms with E-state index in [1.165, 1.54) is 6.21 Å². The molecule has 74 valence electrons. The van der Waals surface area contributed by atoms with Crippen LogP contribution < -0.4 is 0 Å². The zero-order chi connectivity index (χ0) is 10.3. The van der Waals surface area contributed by atoms with Gasteiger partial charge in [0.05, 0.1) is 29.1 Å². The zero-order valence-corrected chi connectivity index (χ0v) is 8.48. The van der Waals surface area contributed by atoms with E-state index >= 15 is 0 Å². The van der Waals surface area contributed by atoms with Crippen LogP contribution in [0.2, 0.25) is 0 Å². The fourth-order valence-corrected chi connectivity index (χ4v) is 2.41. The molecule has 0 aliphatic rings. The third-order valence-electron chi connectivity index (χ3n) is 2.31. The van der Waals surface area contributed by atoms with Crippen molar-refractivity contribution >= 4 is 33.4 Å². The molecule has 0 aliphatic heterocycles. The number of aromatic nitrogens is 2. The Morgan fingerprint density at radius 1 is 1.40 bits per heavy atom. The van der Waals surface area contributed by atoms with Crippen LogP contribution in [0.25, 0.3) is 15.9 Å². The molecule has 0 atom stereocenters. The van der Waals surface area contributed by atoms with Crippen molar-refractivity contribution in [1.29, 1.82) is 0 Å². The van der Waals surface area contributed by atoms with Gasteiger partial charge in [-0.1, -0.05) is 5.16 Å². The highest BCUT2D eigenvalue weighted by Gasteiger charge is 2.05. The van der Waals surface area contributed by atoms with Gasteiger partial charge in [0.25, 0.3) is 0 Å². The first-order valence-corrected chi connectivity index (χ1v) is 5.29. The lowest BCUT2D eigenvalue weighted by Gasteiger charge is -1.99. The van der Waals surface area contributed by atoms with Crippen LogP contribution in [0.1, 0.15) is 5.69 Å². The number of thiophene rings is 1. The highest BCUT2D eigenvalue weighted by molar-refractivity contribution is 7.16. The number of fused-ring (bicyclic) bond motifs is 3. The van der Waals surface area contributed by atoms with Gasteiger partial charge in [0, 0.05) is 0 Å². The second kappa shape index (κ2) is 3.06. The molecule has 1 N–H and O–H groups in total. The van der Waals surface area contributed by atoms with E-state index in [0.29, 0.717) is 0 Å². The van der Waals surface area contributed by atoms with Gasteiger partial charge in [-0.15, -0.1) is 11.3 Å². The van der Waals surface area contributed by atoms with E-state index < -0.39 is 0 Å². The molecular weight excluding hydrogens is 210 g/mol. The Kier molecular flexibility index (Phi) is 1.72. The summed E-state index contributed by atoms with van der Waals surface area (Å²) in [6, 6.07) is 5.85. The summed E-state index contributed by atoms with van der Waals surface area (Å²) in [5, 5.41) is 13.6. The normalized spacial score (nSPS) is 12.0. The van der Waals surface area contributed by atoms with Crippen LogP contribution in [0.15, 0.2) is 34.9 Å². The summed E-state index contributed by atoms with van der Waals surface area (Å²) < 4.78 is 2.01. The lowest BCUT2D eigenvalue weighted by molar-refractivity contribution is 0.321. The standard InChI is InChI=1S/C10H7N3OS/c14-12-6-8-2-1-7-5-11-10-9(13(7)8)3-4-15-10/h1-6,14H/b12-6+. The first-order valence-electron chi connectivity index (χ1n) is 4.41. The van der Waals surface area contributed by atoms with Crippen LogP contribution >= 0.6 is 11.3 Å². The average molecular weight is 217 g/mol. The van der Waals surface area contributed by atoms with Crippen LogP contribution in [0.5, 0.6) is 0 Å². The van der Waals surface area contributed by atoms with E-state index in [-0.39, 0.29) is 0 Å². The van der Waals surface area contributed by atoms with Crippen LogP contribution in [0, 0.1) is 0 Å². The topological polar surface area (TPSA) is 49.9 Å². The number of nitrogens with zero attached hydrogens (tertiary/aromatic N) is 3. The molecule has 15 heavy (non-hydrogen) atoms. The molecule has 0 radical (unpaired) electrons. The van der Waals surface area contributed by atoms with E-state index in [0.717, 1.165) is 21.6 Å². The molecule has 0 unspecified atom stereocenters. The second-order valence-electron chi connectivity index (χ2n) is 3.13. The minimum Gasteiger partial charge on any atom is -0.411 e. The lowest BCUT2D eigenvalue weighted by atomic mass is 10.4. The summed E-state index contributed by atoms with van der Waals surface area (Å²) in [4.78, 5) is 5.31. The van der Waals surface area contributed by atoms with Gasteiger partial charge in [-0.25, -0.2) is 4.98 Å². The second-order valence-corrected chi connectivity index (χ2v) is 4.03. The number of rotatable bonds is 1. The molecule has 3 heterocycles. The van der Waals surface area contributed by atoms with Crippen molar-refractivity contribution in [1.82, 2.24) is 9.38 Å². The van der Waals surface area contributed by atoms with Crippen molar-refractivity contribution in [2.45, 2.75) is 0 Å². The highest BCUT2D eigenvalue weighted by atomic mass is 32.1. The van der Waals surface area contributed by atoms with Gasteiger partial charge in [0.15, 0.2) is 0 Å². The third kappa shape index (κ3) is 1.13. The van der Waals surface area contributed by atoms with Gasteiger partial charge in [0.2, 0.25) is 0 Å². The molecule has 0 saturated carbocycles. The average Bonchev–Trinajstić information content (AvgIpc) is 2.83. The highest BCUT2D eigenvalue weighted by Crippen LogP contribution is 2.21. The van der Waals surface area contributed by atoms with Gasteiger partial charge < -0.3 is 9.61 Å². The van der Waals surface area contributed by atoms with Gasteiger partial charge in [-0.3, -0.25) is 0 Å². The van der Waals surface area contributed by atoms with E-state index in [9.17, 15) is 0 Å². The monoisotopic (exact) mass is 217 g/mol. The summed E-state index contributed by atoms with van der Waals surface area (Å²) >= 11 is 1.59. The van der Waals surface area contributed by atoms with Gasteiger partial charge in [-0.05, 0) is 23.6 Å². The van der Waals surface area contributed by atoms with Crippen molar-refractivity contribution in [2.24, 2.45) is 5.16 Å². The Morgan fingerprint density at radius 3 is 3.20 bits per heavy atom. The van der Waals surface area contributed by atoms with Crippen molar-refractivity contribution in [3.8, 4) is 0 Å². The SMILES string of the molecule is O/N=C/c1ccc2cnc3sccc3n12. The Hall–Kier alpha value is -1.88. The summed E-state index contributed by atoms with van der Waals surface area (Å²) in [7, 11) is 0. The van der Waals surface area contributed by atoms with E-state index in [1.807, 2.05) is 34.2 Å². The molecule has 3 aromatic heterocycles. The molecule has 0 bridgehead atoms. The first kappa shape index (κ1) is 8.43. The number of hydrogen-bond acceptors (Lipinski definition) is 4. The Labute approximate surface area is 89.1 Å². The predicted molar refractivity (Wildman–Crippen MR) is 60.0 cm³/mol. The van der Waals surface area contributed by atoms with E-state index in [4.69, 9.17) is 5.21 Å². The van der Waals surface area contributed by atoms with Crippen LogP contribution in [0.4, 0.5) is 0 Å². The lowest BCUT2D eigenvalue weighted by Crippen LogP contribution is -1.92. The number of hydrogen-bond donors (Lipinski definition) is 1. The summed E-state index contributed by atoms with van der Waals surface area (Å²) in [6.07, 6.45) is 3.23. The van der Waals surface area contributed by atoms with Gasteiger partial charge in [0.1, 0.15) is 4.83 Å². The fourth-order valence-electron chi connectivity index (χ4n) is 1.69. The fraction of sp³-hybridized carbons (Fsp3) is 0. The molecule has 4 nitrogen and oxygen atoms in total. The van der Waals surface area contributed by atoms with Crippen molar-refractivity contribution in [3.63, 3.8) is 0 Å². The summed E-state index contributed by atoms with van der Waals surface area (Å²) in [5.41, 5.74) is 2.88. The van der Waals surface area contributed by atoms with E-state index in [2.05, 4.69) is 10.1 Å². The molecule has 0 aliphatic carbocycles. The van der Waals surface area contributed by atoms with Crippen molar-refractivity contribution < 1.29 is 5.21 Å². The molecule has 0 spiro atoms. The quantitative estimate of drug-likeness (QED) is 0.386. The van der Waals surface area contributed by atoms with E-state index in [1.54, 1.807) is 11.3 Å². The first-order chi connectivity index (χ1) is 7.40. The molecular formula is C10H7N3OS.